The second-order valence-electron chi connectivity index (χ2n) is 4.52. The number of nitrogens with two attached hydrogens (primary N) is 1. The van der Waals surface area contributed by atoms with Crippen LogP contribution in [0.3, 0.4) is 0 Å². The van der Waals surface area contributed by atoms with Crippen molar-refractivity contribution in [2.24, 2.45) is 5.73 Å². The molecule has 0 saturated carbocycles. The fourth-order valence-corrected chi connectivity index (χ4v) is 2.51. The molecule has 1 unspecified atom stereocenters. The Morgan fingerprint density at radius 2 is 1.80 bits per heavy atom. The lowest BCUT2D eigenvalue weighted by atomic mass is 10.1. The Hall–Kier alpha value is -0.120. The molecule has 1 aliphatic heterocycles. The Kier molecular flexibility index (Phi) is 6.22. The quantitative estimate of drug-likeness (QED) is 0.718. The molecule has 0 amide bonds. The average molecular weight is 213 g/mol. The monoisotopic (exact) mass is 213 g/mol. The number of hydrogen-bond donors (Lipinski definition) is 1. The van der Waals surface area contributed by atoms with Crippen molar-refractivity contribution in [3.63, 3.8) is 0 Å². The van der Waals surface area contributed by atoms with E-state index in [0.29, 0.717) is 0 Å². The third-order valence-electron chi connectivity index (χ3n) is 3.43. The summed E-state index contributed by atoms with van der Waals surface area (Å²) >= 11 is 0. The smallest absolute Gasteiger partial charge is 0.0113 e. The van der Waals surface area contributed by atoms with Crippen molar-refractivity contribution in [2.75, 3.05) is 39.3 Å². The van der Waals surface area contributed by atoms with E-state index in [2.05, 4.69) is 23.6 Å². The zero-order chi connectivity index (χ0) is 11.1. The van der Waals surface area contributed by atoms with Crippen LogP contribution in [0.5, 0.6) is 0 Å². The molecule has 0 bridgehead atoms. The largest absolute Gasteiger partial charge is 0.330 e. The van der Waals surface area contributed by atoms with Crippen LogP contribution in [-0.2, 0) is 0 Å². The summed E-state index contributed by atoms with van der Waals surface area (Å²) < 4.78 is 0. The summed E-state index contributed by atoms with van der Waals surface area (Å²) in [6.07, 6.45) is 3.68. The molecule has 0 spiro atoms. The van der Waals surface area contributed by atoms with E-state index in [9.17, 15) is 0 Å². The zero-order valence-electron chi connectivity index (χ0n) is 10.4. The number of hydrogen-bond acceptors (Lipinski definition) is 3. The van der Waals surface area contributed by atoms with Gasteiger partial charge in [-0.2, -0.15) is 0 Å². The van der Waals surface area contributed by atoms with Gasteiger partial charge in [0.25, 0.3) is 0 Å². The molecule has 0 radical (unpaired) electrons. The summed E-state index contributed by atoms with van der Waals surface area (Å²) in [5.74, 6) is 0. The van der Waals surface area contributed by atoms with E-state index in [-0.39, 0.29) is 0 Å². The van der Waals surface area contributed by atoms with Crippen molar-refractivity contribution >= 4 is 0 Å². The van der Waals surface area contributed by atoms with Crippen molar-refractivity contribution in [3.8, 4) is 0 Å². The molecule has 1 atom stereocenters. The van der Waals surface area contributed by atoms with E-state index in [1.807, 2.05) is 0 Å². The van der Waals surface area contributed by atoms with Crippen LogP contribution in [-0.4, -0.2) is 55.1 Å². The van der Waals surface area contributed by atoms with Gasteiger partial charge < -0.3 is 10.6 Å². The standard InChI is InChI=1S/C12H27N3/c1-3-7-14-8-10-15(11-9-14)12(4-2)5-6-13/h12H,3-11,13H2,1-2H3. The summed E-state index contributed by atoms with van der Waals surface area (Å²) in [6, 6.07) is 0.721. The van der Waals surface area contributed by atoms with Crippen LogP contribution in [0, 0.1) is 0 Å². The van der Waals surface area contributed by atoms with E-state index in [4.69, 9.17) is 5.73 Å². The van der Waals surface area contributed by atoms with Gasteiger partial charge in [-0.25, -0.2) is 0 Å². The van der Waals surface area contributed by atoms with Crippen LogP contribution < -0.4 is 5.73 Å². The van der Waals surface area contributed by atoms with Crippen LogP contribution in [0.2, 0.25) is 0 Å². The highest BCUT2D eigenvalue weighted by Crippen LogP contribution is 2.11. The van der Waals surface area contributed by atoms with Gasteiger partial charge in [0.15, 0.2) is 0 Å². The molecule has 2 N–H and O–H groups in total. The van der Waals surface area contributed by atoms with Gasteiger partial charge in [-0.05, 0) is 32.4 Å². The van der Waals surface area contributed by atoms with Crippen LogP contribution in [0.1, 0.15) is 33.1 Å². The summed E-state index contributed by atoms with van der Waals surface area (Å²) in [4.78, 5) is 5.20. The highest BCUT2D eigenvalue weighted by atomic mass is 15.3. The minimum atomic E-state index is 0.721. The fourth-order valence-electron chi connectivity index (χ4n) is 2.51. The molecular weight excluding hydrogens is 186 g/mol. The molecular formula is C12H27N3. The molecule has 3 nitrogen and oxygen atoms in total. The minimum Gasteiger partial charge on any atom is -0.330 e. The fraction of sp³-hybridized carbons (Fsp3) is 1.00. The predicted molar refractivity (Wildman–Crippen MR) is 66.1 cm³/mol. The van der Waals surface area contributed by atoms with E-state index < -0.39 is 0 Å². The zero-order valence-corrected chi connectivity index (χ0v) is 10.4. The topological polar surface area (TPSA) is 32.5 Å². The predicted octanol–water partition coefficient (Wildman–Crippen LogP) is 1.14. The number of rotatable bonds is 6. The van der Waals surface area contributed by atoms with Crippen molar-refractivity contribution in [1.29, 1.82) is 0 Å². The maximum atomic E-state index is 5.65. The summed E-state index contributed by atoms with van der Waals surface area (Å²) in [5, 5.41) is 0. The SMILES string of the molecule is CCCN1CCN(C(CC)CCN)CC1. The highest BCUT2D eigenvalue weighted by Gasteiger charge is 2.21. The van der Waals surface area contributed by atoms with Gasteiger partial charge >= 0.3 is 0 Å². The normalized spacial score (nSPS) is 21.8. The minimum absolute atomic E-state index is 0.721. The third kappa shape index (κ3) is 4.09. The van der Waals surface area contributed by atoms with Gasteiger partial charge in [-0.1, -0.05) is 13.8 Å². The van der Waals surface area contributed by atoms with Crippen LogP contribution >= 0.6 is 0 Å². The maximum absolute atomic E-state index is 5.65. The molecule has 3 heteroatoms. The average Bonchev–Trinajstić information content (AvgIpc) is 2.28. The lowest BCUT2D eigenvalue weighted by molar-refractivity contribution is 0.0912. The van der Waals surface area contributed by atoms with Gasteiger partial charge in [0.1, 0.15) is 0 Å². The lowest BCUT2D eigenvalue weighted by Gasteiger charge is -2.39. The first kappa shape index (κ1) is 12.9. The van der Waals surface area contributed by atoms with Gasteiger partial charge in [0, 0.05) is 32.2 Å². The first-order chi connectivity index (χ1) is 7.31. The van der Waals surface area contributed by atoms with Crippen molar-refractivity contribution in [3.05, 3.63) is 0 Å². The molecule has 15 heavy (non-hydrogen) atoms. The van der Waals surface area contributed by atoms with Crippen LogP contribution in [0.15, 0.2) is 0 Å². The molecule has 0 aliphatic carbocycles. The molecule has 1 fully saturated rings. The maximum Gasteiger partial charge on any atom is 0.0113 e. The van der Waals surface area contributed by atoms with E-state index in [0.717, 1.165) is 19.0 Å². The van der Waals surface area contributed by atoms with E-state index >= 15 is 0 Å². The molecule has 0 aromatic rings. The second-order valence-corrected chi connectivity index (χ2v) is 4.52. The Labute approximate surface area is 94.6 Å². The molecule has 1 heterocycles. The Morgan fingerprint density at radius 1 is 1.13 bits per heavy atom. The van der Waals surface area contributed by atoms with Crippen LogP contribution in [0.4, 0.5) is 0 Å². The number of nitrogens with zero attached hydrogens (tertiary/aromatic N) is 2. The van der Waals surface area contributed by atoms with Gasteiger partial charge in [-0.3, -0.25) is 4.90 Å². The van der Waals surface area contributed by atoms with Crippen molar-refractivity contribution < 1.29 is 0 Å². The molecule has 0 aromatic heterocycles. The van der Waals surface area contributed by atoms with Gasteiger partial charge in [0.2, 0.25) is 0 Å². The molecule has 1 saturated heterocycles. The summed E-state index contributed by atoms with van der Waals surface area (Å²) in [7, 11) is 0. The Bertz CT molecular complexity index is 153. The van der Waals surface area contributed by atoms with E-state index in [1.54, 1.807) is 0 Å². The summed E-state index contributed by atoms with van der Waals surface area (Å²) in [6.45, 7) is 11.6. The molecule has 90 valence electrons. The molecule has 1 aliphatic rings. The second kappa shape index (κ2) is 7.20. The lowest BCUT2D eigenvalue weighted by Crippen LogP contribution is -2.50. The molecule has 0 aromatic carbocycles. The highest BCUT2D eigenvalue weighted by molar-refractivity contribution is 4.77. The Morgan fingerprint density at radius 3 is 2.27 bits per heavy atom. The molecule has 1 rings (SSSR count). The van der Waals surface area contributed by atoms with E-state index in [1.165, 1.54) is 45.6 Å². The third-order valence-corrected chi connectivity index (χ3v) is 3.43. The summed E-state index contributed by atoms with van der Waals surface area (Å²) in [5.41, 5.74) is 5.65. The first-order valence-electron chi connectivity index (χ1n) is 6.48. The first-order valence-corrected chi connectivity index (χ1v) is 6.48. The van der Waals surface area contributed by atoms with Crippen molar-refractivity contribution in [1.82, 2.24) is 9.80 Å². The Balaban J connectivity index is 2.28. The van der Waals surface area contributed by atoms with Gasteiger partial charge in [0.05, 0.1) is 0 Å². The van der Waals surface area contributed by atoms with Crippen LogP contribution in [0.25, 0.3) is 0 Å². The number of piperazine rings is 1. The van der Waals surface area contributed by atoms with Crippen molar-refractivity contribution in [2.45, 2.75) is 39.2 Å². The van der Waals surface area contributed by atoms with Gasteiger partial charge in [-0.15, -0.1) is 0 Å².